The molecule has 0 rings (SSSR count). The lowest BCUT2D eigenvalue weighted by molar-refractivity contribution is -0.123. The molecule has 0 saturated heterocycles. The van der Waals surface area contributed by atoms with E-state index in [-0.39, 0.29) is 12.5 Å². The molecule has 0 aliphatic rings. The largest absolute Gasteiger partial charge is 0.394 e. The third kappa shape index (κ3) is 39.4. The van der Waals surface area contributed by atoms with E-state index in [1.54, 1.807) is 0 Å². The van der Waals surface area contributed by atoms with Crippen LogP contribution in [-0.2, 0) is 4.79 Å². The summed E-state index contributed by atoms with van der Waals surface area (Å²) in [6, 6.07) is -0.535. The summed E-state index contributed by atoms with van der Waals surface area (Å²) in [4.78, 5) is 12.4. The minimum atomic E-state index is -0.658. The first-order chi connectivity index (χ1) is 25.2. The number of hydrogen-bond donors (Lipinski definition) is 3. The molecule has 0 bridgehead atoms. The maximum absolute atomic E-state index is 12.4. The highest BCUT2D eigenvalue weighted by Crippen LogP contribution is 2.16. The molecule has 2 unspecified atom stereocenters. The number of hydrogen-bond acceptors (Lipinski definition) is 3. The van der Waals surface area contributed by atoms with Crippen molar-refractivity contribution in [3.8, 4) is 0 Å². The van der Waals surface area contributed by atoms with Gasteiger partial charge in [0.05, 0.1) is 18.8 Å². The van der Waals surface area contributed by atoms with Gasteiger partial charge < -0.3 is 15.5 Å². The standard InChI is InChI=1S/C47H87NO3/c1-3-5-7-9-11-13-15-17-18-19-20-21-22-23-24-25-26-27-28-29-30-31-33-35-37-39-41-43-47(51)48-45(44-49)46(50)42-40-38-36-34-32-16-14-12-10-8-6-4-2/h5,7,11,13,17-18,20-21,45-46,49-50H,3-4,6,8-10,12,14-16,19,22-44H2,1-2H3,(H,48,51)/b7-5-,13-11-,18-17-,21-20-. The van der Waals surface area contributed by atoms with E-state index in [2.05, 4.69) is 67.8 Å². The lowest BCUT2D eigenvalue weighted by Gasteiger charge is -2.22. The smallest absolute Gasteiger partial charge is 0.220 e. The van der Waals surface area contributed by atoms with Crippen LogP contribution >= 0.6 is 0 Å². The fourth-order valence-corrected chi connectivity index (χ4v) is 6.70. The van der Waals surface area contributed by atoms with Gasteiger partial charge in [0.15, 0.2) is 0 Å². The van der Waals surface area contributed by atoms with Gasteiger partial charge in [0.1, 0.15) is 0 Å². The van der Waals surface area contributed by atoms with Crippen LogP contribution in [0.25, 0.3) is 0 Å². The molecular weight excluding hydrogens is 627 g/mol. The Balaban J connectivity index is 3.48. The number of carbonyl (C=O) groups is 1. The summed E-state index contributed by atoms with van der Waals surface area (Å²) >= 11 is 0. The van der Waals surface area contributed by atoms with Crippen LogP contribution in [0.3, 0.4) is 0 Å². The Hall–Kier alpha value is -1.65. The van der Waals surface area contributed by atoms with Gasteiger partial charge in [0, 0.05) is 6.42 Å². The second-order valence-corrected chi connectivity index (χ2v) is 15.1. The maximum Gasteiger partial charge on any atom is 0.220 e. The van der Waals surface area contributed by atoms with Crippen LogP contribution in [0.1, 0.15) is 226 Å². The minimum Gasteiger partial charge on any atom is -0.394 e. The van der Waals surface area contributed by atoms with E-state index in [0.29, 0.717) is 12.8 Å². The quantitative estimate of drug-likeness (QED) is 0.0437. The molecule has 2 atom stereocenters. The van der Waals surface area contributed by atoms with Gasteiger partial charge in [-0.15, -0.1) is 0 Å². The van der Waals surface area contributed by atoms with Crippen LogP contribution in [0.2, 0.25) is 0 Å². The van der Waals surface area contributed by atoms with Crippen molar-refractivity contribution in [2.45, 2.75) is 238 Å². The fraction of sp³-hybridized carbons (Fsp3) is 0.809. The lowest BCUT2D eigenvalue weighted by atomic mass is 10.0. The van der Waals surface area contributed by atoms with Crippen LogP contribution in [0, 0.1) is 0 Å². The van der Waals surface area contributed by atoms with Crippen LogP contribution in [-0.4, -0.2) is 34.9 Å². The highest BCUT2D eigenvalue weighted by atomic mass is 16.3. The van der Waals surface area contributed by atoms with Crippen molar-refractivity contribution >= 4 is 5.91 Å². The van der Waals surface area contributed by atoms with Crippen molar-refractivity contribution in [3.05, 3.63) is 48.6 Å². The zero-order chi connectivity index (χ0) is 37.1. The summed E-state index contributed by atoms with van der Waals surface area (Å²) in [6.45, 7) is 4.24. The minimum absolute atomic E-state index is 0.0337. The van der Waals surface area contributed by atoms with E-state index in [0.717, 1.165) is 51.4 Å². The zero-order valence-electron chi connectivity index (χ0n) is 34.1. The van der Waals surface area contributed by atoms with E-state index < -0.39 is 12.1 Å². The van der Waals surface area contributed by atoms with E-state index in [1.807, 2.05) is 0 Å². The monoisotopic (exact) mass is 714 g/mol. The number of carbonyl (C=O) groups excluding carboxylic acids is 1. The van der Waals surface area contributed by atoms with Gasteiger partial charge in [-0.05, 0) is 51.4 Å². The second-order valence-electron chi connectivity index (χ2n) is 15.1. The van der Waals surface area contributed by atoms with Crippen LogP contribution in [0.15, 0.2) is 48.6 Å². The molecule has 298 valence electrons. The molecule has 0 aromatic heterocycles. The molecule has 0 aliphatic carbocycles. The molecular formula is C47H87NO3. The summed E-state index contributed by atoms with van der Waals surface area (Å²) in [7, 11) is 0. The summed E-state index contributed by atoms with van der Waals surface area (Å²) in [5.41, 5.74) is 0. The lowest BCUT2D eigenvalue weighted by Crippen LogP contribution is -2.45. The average Bonchev–Trinajstić information content (AvgIpc) is 3.13. The molecule has 3 N–H and O–H groups in total. The van der Waals surface area contributed by atoms with Gasteiger partial charge in [0.25, 0.3) is 0 Å². The molecule has 0 saturated carbocycles. The van der Waals surface area contributed by atoms with Gasteiger partial charge in [-0.1, -0.05) is 217 Å². The van der Waals surface area contributed by atoms with E-state index >= 15 is 0 Å². The van der Waals surface area contributed by atoms with Crippen molar-refractivity contribution in [1.29, 1.82) is 0 Å². The summed E-state index contributed by atoms with van der Waals surface area (Å²) in [5.74, 6) is -0.0337. The van der Waals surface area contributed by atoms with Gasteiger partial charge in [0.2, 0.25) is 5.91 Å². The molecule has 1 amide bonds. The number of aliphatic hydroxyl groups excluding tert-OH is 2. The molecule has 0 radical (unpaired) electrons. The van der Waals surface area contributed by atoms with Crippen molar-refractivity contribution in [2.24, 2.45) is 0 Å². The third-order valence-electron chi connectivity index (χ3n) is 10.1. The Labute approximate surface area is 318 Å². The molecule has 0 heterocycles. The summed E-state index contributed by atoms with van der Waals surface area (Å²) in [5, 5.41) is 23.1. The highest BCUT2D eigenvalue weighted by molar-refractivity contribution is 5.76. The van der Waals surface area contributed by atoms with E-state index in [1.165, 1.54) is 148 Å². The van der Waals surface area contributed by atoms with Crippen molar-refractivity contribution in [3.63, 3.8) is 0 Å². The van der Waals surface area contributed by atoms with Crippen molar-refractivity contribution in [2.75, 3.05) is 6.61 Å². The van der Waals surface area contributed by atoms with E-state index in [4.69, 9.17) is 0 Å². The molecule has 0 spiro atoms. The normalized spacial score (nSPS) is 13.4. The van der Waals surface area contributed by atoms with Crippen LogP contribution in [0.4, 0.5) is 0 Å². The highest BCUT2D eigenvalue weighted by Gasteiger charge is 2.20. The van der Waals surface area contributed by atoms with Crippen LogP contribution < -0.4 is 5.32 Å². The number of aliphatic hydroxyl groups is 2. The topological polar surface area (TPSA) is 69.6 Å². The fourth-order valence-electron chi connectivity index (χ4n) is 6.70. The van der Waals surface area contributed by atoms with Crippen LogP contribution in [0.5, 0.6) is 0 Å². The Kier molecular flexibility index (Phi) is 41.4. The number of allylic oxidation sites excluding steroid dienone is 8. The Morgan fingerprint density at radius 3 is 1.29 bits per heavy atom. The number of amides is 1. The zero-order valence-corrected chi connectivity index (χ0v) is 34.1. The predicted molar refractivity (Wildman–Crippen MR) is 225 cm³/mol. The molecule has 4 heteroatoms. The molecule has 4 nitrogen and oxygen atoms in total. The van der Waals surface area contributed by atoms with Gasteiger partial charge in [-0.2, -0.15) is 0 Å². The Bertz CT molecular complexity index is 816. The predicted octanol–water partition coefficient (Wildman–Crippen LogP) is 14.0. The van der Waals surface area contributed by atoms with Gasteiger partial charge in [-0.3, -0.25) is 4.79 Å². The SMILES string of the molecule is CC/C=C\C/C=C\C/C=C\C/C=C\CCCCCCCCCCCCCCCCC(=O)NC(CO)C(O)CCCCCCCCCCCCCC. The average molecular weight is 714 g/mol. The van der Waals surface area contributed by atoms with Crippen molar-refractivity contribution in [1.82, 2.24) is 5.32 Å². The molecule has 51 heavy (non-hydrogen) atoms. The van der Waals surface area contributed by atoms with E-state index in [9.17, 15) is 15.0 Å². The Morgan fingerprint density at radius 2 is 0.863 bits per heavy atom. The number of rotatable bonds is 40. The first-order valence-electron chi connectivity index (χ1n) is 22.3. The first kappa shape index (κ1) is 49.4. The maximum atomic E-state index is 12.4. The van der Waals surface area contributed by atoms with Gasteiger partial charge >= 0.3 is 0 Å². The van der Waals surface area contributed by atoms with Gasteiger partial charge in [-0.25, -0.2) is 0 Å². The van der Waals surface area contributed by atoms with Crippen molar-refractivity contribution < 1.29 is 15.0 Å². The molecule has 0 aromatic rings. The Morgan fingerprint density at radius 1 is 0.490 bits per heavy atom. The molecule has 0 aromatic carbocycles. The summed E-state index contributed by atoms with van der Waals surface area (Å²) in [6.07, 6.45) is 57.6. The second kappa shape index (κ2) is 42.8. The first-order valence-corrected chi connectivity index (χ1v) is 22.3. The number of nitrogens with one attached hydrogen (secondary N) is 1. The molecule has 0 aliphatic heterocycles. The third-order valence-corrected chi connectivity index (χ3v) is 10.1. The molecule has 0 fully saturated rings. The number of unbranched alkanes of at least 4 members (excludes halogenated alkanes) is 25. The summed E-state index contributed by atoms with van der Waals surface area (Å²) < 4.78 is 0.